The van der Waals surface area contributed by atoms with E-state index in [4.69, 9.17) is 15.2 Å². The van der Waals surface area contributed by atoms with Crippen LogP contribution in [-0.2, 0) is 6.42 Å². The molecule has 0 saturated carbocycles. The van der Waals surface area contributed by atoms with Crippen LogP contribution < -0.4 is 20.2 Å². The third-order valence-corrected chi connectivity index (χ3v) is 5.62. The molecule has 1 unspecified atom stereocenters. The Morgan fingerprint density at radius 1 is 1.24 bits per heavy atom. The van der Waals surface area contributed by atoms with Crippen molar-refractivity contribution in [3.8, 4) is 11.5 Å². The van der Waals surface area contributed by atoms with Crippen LogP contribution in [0.3, 0.4) is 0 Å². The van der Waals surface area contributed by atoms with Crippen LogP contribution in [0.4, 0.5) is 10.8 Å². The fourth-order valence-corrected chi connectivity index (χ4v) is 4.07. The molecule has 0 aliphatic carbocycles. The van der Waals surface area contributed by atoms with Crippen molar-refractivity contribution in [1.82, 2.24) is 0 Å². The Hall–Kier alpha value is -3.39. The van der Waals surface area contributed by atoms with Crippen molar-refractivity contribution in [3.05, 3.63) is 80.9 Å². The average molecular weight is 412 g/mol. The Morgan fingerprint density at radius 3 is 2.55 bits per heavy atom. The monoisotopic (exact) mass is 412 g/mol. The van der Waals surface area contributed by atoms with Gasteiger partial charge in [-0.15, -0.1) is 0 Å². The maximum absolute atomic E-state index is 11.3. The van der Waals surface area contributed by atoms with Gasteiger partial charge in [-0.05, 0) is 47.6 Å². The molecule has 150 valence electrons. The molecule has 0 saturated heterocycles. The van der Waals surface area contributed by atoms with Crippen molar-refractivity contribution in [3.63, 3.8) is 0 Å². The molecule has 2 aromatic carbocycles. The highest BCUT2D eigenvalue weighted by Gasteiger charge is 2.26. The summed E-state index contributed by atoms with van der Waals surface area (Å²) in [6.07, 6.45) is 2.23. The largest absolute Gasteiger partial charge is 0.497 e. The first-order chi connectivity index (χ1) is 14.0. The van der Waals surface area contributed by atoms with Gasteiger partial charge in [0.15, 0.2) is 0 Å². The third kappa shape index (κ3) is 4.38. The minimum Gasteiger partial charge on any atom is -0.497 e. The van der Waals surface area contributed by atoms with Crippen LogP contribution in [0.1, 0.15) is 27.6 Å². The van der Waals surface area contributed by atoms with Gasteiger partial charge in [0.25, 0.3) is 5.69 Å². The van der Waals surface area contributed by atoms with Crippen LogP contribution in [0.15, 0.2) is 49.0 Å². The van der Waals surface area contributed by atoms with Gasteiger partial charge in [-0.1, -0.05) is 18.7 Å². The van der Waals surface area contributed by atoms with Gasteiger partial charge < -0.3 is 9.47 Å². The Bertz CT molecular complexity index is 1030. The van der Waals surface area contributed by atoms with E-state index in [0.717, 1.165) is 27.4 Å². The number of methoxy groups -OCH3 is 2. The number of aromatic nitrogens is 1. The minimum atomic E-state index is -0.408. The van der Waals surface area contributed by atoms with Gasteiger partial charge in [0, 0.05) is 17.7 Å². The lowest BCUT2D eigenvalue weighted by Gasteiger charge is -2.17. The summed E-state index contributed by atoms with van der Waals surface area (Å²) in [5, 5.41) is 11.8. The van der Waals surface area contributed by atoms with Crippen molar-refractivity contribution in [2.75, 3.05) is 20.0 Å². The highest BCUT2D eigenvalue weighted by molar-refractivity contribution is 7.15. The summed E-state index contributed by atoms with van der Waals surface area (Å²) in [5.74, 6) is 1.20. The van der Waals surface area contributed by atoms with Gasteiger partial charge in [0.1, 0.15) is 17.2 Å². The number of nitrogens with two attached hydrogens (primary N) is 1. The van der Waals surface area contributed by atoms with E-state index in [2.05, 4.69) is 11.6 Å². The molecular weight excluding hydrogens is 390 g/mol. The highest BCUT2D eigenvalue weighted by Crippen LogP contribution is 2.36. The van der Waals surface area contributed by atoms with Crippen molar-refractivity contribution in [2.24, 2.45) is 0 Å². The number of nitrogen functional groups attached to an aromatic ring is 1. The van der Waals surface area contributed by atoms with Gasteiger partial charge >= 0.3 is 5.13 Å². The van der Waals surface area contributed by atoms with E-state index >= 15 is 0 Å². The van der Waals surface area contributed by atoms with Gasteiger partial charge in [-0.25, -0.2) is 4.98 Å². The summed E-state index contributed by atoms with van der Waals surface area (Å²) in [6, 6.07) is 12.3. The number of nitro groups is 1. The van der Waals surface area contributed by atoms with Crippen molar-refractivity contribution < 1.29 is 19.4 Å². The molecule has 0 spiro atoms. The van der Waals surface area contributed by atoms with E-state index in [1.807, 2.05) is 24.3 Å². The molecule has 3 N–H and O–H groups in total. The van der Waals surface area contributed by atoms with E-state index < -0.39 is 4.92 Å². The zero-order valence-corrected chi connectivity index (χ0v) is 17.0. The Morgan fingerprint density at radius 2 is 1.97 bits per heavy atom. The Kier molecular flexibility index (Phi) is 6.13. The molecule has 29 heavy (non-hydrogen) atoms. The first-order valence-corrected chi connectivity index (χ1v) is 9.67. The summed E-state index contributed by atoms with van der Waals surface area (Å²) in [7, 11) is 3.17. The summed E-state index contributed by atoms with van der Waals surface area (Å²) < 4.78 is 10.7. The SMILES string of the molecule is C=Cc1sc(N)[nH+]c1C(Cc1cc([N+](=O)[O-])ccc1OC)c1ccc(OC)cc1. The molecule has 1 atom stereocenters. The number of hydrogen-bond donors (Lipinski definition) is 1. The molecule has 0 fully saturated rings. The maximum Gasteiger partial charge on any atom is 0.330 e. The zero-order valence-electron chi connectivity index (χ0n) is 16.2. The van der Waals surface area contributed by atoms with Crippen molar-refractivity contribution >= 4 is 28.2 Å². The van der Waals surface area contributed by atoms with Crippen LogP contribution in [0, 0.1) is 10.1 Å². The second-order valence-corrected chi connectivity index (χ2v) is 7.44. The quantitative estimate of drug-likeness (QED) is 0.443. The number of benzene rings is 2. The Balaban J connectivity index is 2.11. The zero-order chi connectivity index (χ0) is 21.0. The van der Waals surface area contributed by atoms with Gasteiger partial charge in [-0.2, -0.15) is 0 Å². The summed E-state index contributed by atoms with van der Waals surface area (Å²) >= 11 is 1.41. The van der Waals surface area contributed by atoms with Gasteiger partial charge in [0.2, 0.25) is 0 Å². The third-order valence-electron chi connectivity index (χ3n) is 4.69. The maximum atomic E-state index is 11.3. The summed E-state index contributed by atoms with van der Waals surface area (Å²) in [4.78, 5) is 15.0. The molecule has 7 nitrogen and oxygen atoms in total. The fraction of sp³-hybridized carbons (Fsp3) is 0.190. The predicted molar refractivity (Wildman–Crippen MR) is 114 cm³/mol. The van der Waals surface area contributed by atoms with E-state index in [1.54, 1.807) is 32.4 Å². The average Bonchev–Trinajstić information content (AvgIpc) is 3.12. The number of rotatable bonds is 8. The first-order valence-electron chi connectivity index (χ1n) is 8.86. The summed E-state index contributed by atoms with van der Waals surface area (Å²) in [6.45, 7) is 3.89. The number of nitrogens with zero attached hydrogens (tertiary/aromatic N) is 1. The van der Waals surface area contributed by atoms with Crippen LogP contribution in [0.2, 0.25) is 0 Å². The number of anilines is 1. The van der Waals surface area contributed by atoms with Crippen LogP contribution in [-0.4, -0.2) is 19.1 Å². The number of nitrogens with one attached hydrogen (secondary N) is 1. The molecule has 3 rings (SSSR count). The number of H-pyrrole nitrogens is 1. The van der Waals surface area contributed by atoms with E-state index in [0.29, 0.717) is 17.3 Å². The second kappa shape index (κ2) is 8.74. The number of nitro benzene ring substituents is 1. The minimum absolute atomic E-state index is 0.0204. The van der Waals surface area contributed by atoms with E-state index in [9.17, 15) is 10.1 Å². The predicted octanol–water partition coefficient (Wildman–Crippen LogP) is 4.09. The van der Waals surface area contributed by atoms with Gasteiger partial charge in [-0.3, -0.25) is 15.8 Å². The standard InChI is InChI=1S/C21H21N3O4S/c1-4-19-20(23-21(22)29-19)17(13-5-8-16(27-2)9-6-13)12-14-11-15(24(25)26)7-10-18(14)28-3/h4-11,17H,1,12H2,2-3H3,(H2,22,23)/p+1. The number of thiazole rings is 1. The van der Waals surface area contributed by atoms with Gasteiger partial charge in [0.05, 0.1) is 29.9 Å². The molecule has 0 bridgehead atoms. The van der Waals surface area contributed by atoms with Crippen LogP contribution >= 0.6 is 11.3 Å². The molecule has 1 aromatic heterocycles. The van der Waals surface area contributed by atoms with Crippen molar-refractivity contribution in [1.29, 1.82) is 0 Å². The van der Waals surface area contributed by atoms with E-state index in [1.165, 1.54) is 17.4 Å². The molecule has 0 aliphatic rings. The lowest BCUT2D eigenvalue weighted by Crippen LogP contribution is -2.18. The fourth-order valence-electron chi connectivity index (χ4n) is 3.28. The first kappa shape index (κ1) is 20.3. The molecule has 1 heterocycles. The van der Waals surface area contributed by atoms with E-state index in [-0.39, 0.29) is 11.6 Å². The number of non-ortho nitro benzene ring substituents is 1. The molecule has 0 radical (unpaired) electrons. The number of hydrogen-bond acceptors (Lipinski definition) is 6. The second-order valence-electron chi connectivity index (χ2n) is 6.36. The normalized spacial score (nSPS) is 11.7. The molecular formula is C21H22N3O4S+. The Labute approximate surface area is 172 Å². The molecule has 0 aliphatic heterocycles. The summed E-state index contributed by atoms with van der Waals surface area (Å²) in [5.41, 5.74) is 8.68. The van der Waals surface area contributed by atoms with Crippen molar-refractivity contribution in [2.45, 2.75) is 12.3 Å². The van der Waals surface area contributed by atoms with Crippen LogP contribution in [0.25, 0.3) is 6.08 Å². The molecule has 0 amide bonds. The lowest BCUT2D eigenvalue weighted by atomic mass is 9.88. The molecule has 8 heteroatoms. The smallest absolute Gasteiger partial charge is 0.330 e. The molecule has 3 aromatic rings. The lowest BCUT2D eigenvalue weighted by molar-refractivity contribution is -0.385. The van der Waals surface area contributed by atoms with Crippen LogP contribution in [0.5, 0.6) is 11.5 Å². The highest BCUT2D eigenvalue weighted by atomic mass is 32.1. The number of ether oxygens (including phenoxy) is 2. The topological polar surface area (TPSA) is 102 Å². The number of aromatic amines is 1.